The lowest BCUT2D eigenvalue weighted by Crippen LogP contribution is -2.56. The van der Waals surface area contributed by atoms with Crippen molar-refractivity contribution in [2.24, 2.45) is 5.28 Å². The molecule has 1 fully saturated rings. The Balaban J connectivity index is 1.37. The largest absolute Gasteiger partial charge is 0.569 e. The summed E-state index contributed by atoms with van der Waals surface area (Å²) < 4.78 is 78.4. The number of esters is 1. The molecule has 0 radical (unpaired) electrons. The van der Waals surface area contributed by atoms with Gasteiger partial charge in [-0.05, 0) is 37.3 Å². The van der Waals surface area contributed by atoms with E-state index in [0.29, 0.717) is 5.56 Å². The van der Waals surface area contributed by atoms with E-state index in [-0.39, 0.29) is 40.8 Å². The molecule has 1 aliphatic heterocycles. The fraction of sp³-hybridized carbons (Fsp3) is 0.346. The smallest absolute Gasteiger partial charge is 0.435 e. The number of rotatable bonds is 10. The third kappa shape index (κ3) is 7.74. The maximum Gasteiger partial charge on any atom is 0.435 e. The molecular weight excluding hydrogens is 613 g/mol. The molecule has 0 aliphatic carbocycles. The number of nitrogens with one attached hydrogen (secondary N) is 1. The average Bonchev–Trinajstić information content (AvgIpc) is 3.40. The van der Waals surface area contributed by atoms with E-state index in [1.54, 1.807) is 35.9 Å². The molecule has 0 bridgehead atoms. The van der Waals surface area contributed by atoms with Gasteiger partial charge in [0, 0.05) is 18.9 Å². The maximum absolute atomic E-state index is 13.5. The van der Waals surface area contributed by atoms with Crippen LogP contribution in [0.4, 0.5) is 18.0 Å². The SMILES string of the molecule is CCC(=O)OC(C)O/N=[N+](/[O-])N1CC(OC(=O)NS(=O)(=O)c2ccc(-n3nc(C(F)(F)F)cc3-c3ccc(C)cc3)cc2)C1. The van der Waals surface area contributed by atoms with Gasteiger partial charge in [-0.2, -0.15) is 18.3 Å². The Morgan fingerprint density at radius 1 is 1.16 bits per heavy atom. The highest BCUT2D eigenvalue weighted by Crippen LogP contribution is 2.33. The van der Waals surface area contributed by atoms with Crippen LogP contribution < -0.4 is 4.72 Å². The van der Waals surface area contributed by atoms with Crippen molar-refractivity contribution in [3.05, 3.63) is 71.1 Å². The first-order valence-electron chi connectivity index (χ1n) is 13.0. The fourth-order valence-corrected chi connectivity index (χ4v) is 4.72. The van der Waals surface area contributed by atoms with Gasteiger partial charge in [0.05, 0.1) is 21.2 Å². The van der Waals surface area contributed by atoms with Crippen LogP contribution in [0.15, 0.2) is 64.8 Å². The first kappa shape index (κ1) is 32.1. The molecule has 18 heteroatoms. The van der Waals surface area contributed by atoms with Crippen molar-refractivity contribution in [3.63, 3.8) is 0 Å². The zero-order valence-corrected chi connectivity index (χ0v) is 24.3. The first-order valence-corrected chi connectivity index (χ1v) is 14.5. The van der Waals surface area contributed by atoms with Crippen molar-refractivity contribution in [2.45, 2.75) is 50.7 Å². The number of halogens is 3. The van der Waals surface area contributed by atoms with Crippen LogP contribution in [0.25, 0.3) is 16.9 Å². The lowest BCUT2D eigenvalue weighted by Gasteiger charge is -2.33. The van der Waals surface area contributed by atoms with Crippen LogP contribution in [0.3, 0.4) is 0 Å². The summed E-state index contributed by atoms with van der Waals surface area (Å²) in [5.74, 6) is -0.552. The molecule has 1 atom stereocenters. The summed E-state index contributed by atoms with van der Waals surface area (Å²) in [6.07, 6.45) is -7.88. The first-order chi connectivity index (χ1) is 20.7. The number of alkyl halides is 3. The second-order valence-corrected chi connectivity index (χ2v) is 11.2. The van der Waals surface area contributed by atoms with Gasteiger partial charge in [0.1, 0.15) is 19.2 Å². The summed E-state index contributed by atoms with van der Waals surface area (Å²) in [5.41, 5.74) is 0.512. The second kappa shape index (κ2) is 12.8. The Kier molecular flexibility index (Phi) is 9.31. The summed E-state index contributed by atoms with van der Waals surface area (Å²) in [6.45, 7) is 4.50. The van der Waals surface area contributed by atoms with E-state index < -0.39 is 46.4 Å². The molecule has 44 heavy (non-hydrogen) atoms. The van der Waals surface area contributed by atoms with Crippen LogP contribution in [0.2, 0.25) is 0 Å². The number of carbonyl (C=O) groups excluding carboxylic acids is 2. The van der Waals surface area contributed by atoms with Gasteiger partial charge >= 0.3 is 18.2 Å². The number of aryl methyl sites for hydroxylation is 1. The van der Waals surface area contributed by atoms with E-state index in [2.05, 4.69) is 10.4 Å². The zero-order valence-electron chi connectivity index (χ0n) is 23.5. The molecule has 2 aromatic carbocycles. The number of carbonyl (C=O) groups is 2. The highest BCUT2D eigenvalue weighted by molar-refractivity contribution is 7.90. The summed E-state index contributed by atoms with van der Waals surface area (Å²) >= 11 is 0. The van der Waals surface area contributed by atoms with Crippen molar-refractivity contribution in [1.29, 1.82) is 0 Å². The van der Waals surface area contributed by atoms with Crippen LogP contribution in [-0.2, 0) is 35.3 Å². The molecule has 3 aromatic rings. The van der Waals surface area contributed by atoms with Gasteiger partial charge in [0.25, 0.3) is 16.3 Å². The van der Waals surface area contributed by atoms with E-state index in [1.807, 2.05) is 6.92 Å². The molecule has 1 aromatic heterocycles. The molecule has 1 amide bonds. The maximum atomic E-state index is 13.5. The van der Waals surface area contributed by atoms with Gasteiger partial charge in [-0.25, -0.2) is 22.6 Å². The molecule has 0 spiro atoms. The molecule has 1 unspecified atom stereocenters. The number of nitrogens with zero attached hydrogens (tertiary/aromatic N) is 5. The highest BCUT2D eigenvalue weighted by atomic mass is 32.2. The average molecular weight is 641 g/mol. The van der Waals surface area contributed by atoms with Crippen molar-refractivity contribution < 1.29 is 50.5 Å². The molecule has 4 rings (SSSR count). The molecule has 236 valence electrons. The molecule has 14 nitrogen and oxygen atoms in total. The molecule has 1 saturated heterocycles. The van der Waals surface area contributed by atoms with Crippen LogP contribution >= 0.6 is 0 Å². The lowest BCUT2D eigenvalue weighted by atomic mass is 10.1. The summed E-state index contributed by atoms with van der Waals surface area (Å²) in [4.78, 5) is 27.9. The van der Waals surface area contributed by atoms with E-state index in [0.717, 1.165) is 33.5 Å². The number of aromatic nitrogens is 2. The van der Waals surface area contributed by atoms with E-state index in [9.17, 15) is 36.4 Å². The summed E-state index contributed by atoms with van der Waals surface area (Å²) in [6, 6.07) is 12.3. The number of benzene rings is 2. The van der Waals surface area contributed by atoms with Gasteiger partial charge in [0.2, 0.25) is 5.28 Å². The fourth-order valence-electron chi connectivity index (χ4n) is 3.84. The Hall–Kier alpha value is -4.87. The van der Waals surface area contributed by atoms with Crippen LogP contribution in [-0.4, -0.2) is 65.7 Å². The molecular formula is C26H27F3N6O8S. The number of ether oxygens (including phenoxy) is 2. The molecule has 1 N–H and O–H groups in total. The highest BCUT2D eigenvalue weighted by Gasteiger charge is 2.38. The Morgan fingerprint density at radius 3 is 2.39 bits per heavy atom. The molecule has 1 aliphatic rings. The zero-order chi connectivity index (χ0) is 32.2. The molecule has 0 saturated carbocycles. The predicted molar refractivity (Wildman–Crippen MR) is 144 cm³/mol. The van der Waals surface area contributed by atoms with Crippen LogP contribution in [0.5, 0.6) is 0 Å². The normalized spacial score (nSPS) is 14.9. The van der Waals surface area contributed by atoms with Crippen LogP contribution in [0.1, 0.15) is 31.5 Å². The van der Waals surface area contributed by atoms with Gasteiger partial charge in [0.15, 0.2) is 5.69 Å². The quantitative estimate of drug-likeness (QED) is 0.112. The number of sulfonamides is 1. The second-order valence-electron chi connectivity index (χ2n) is 9.54. The summed E-state index contributed by atoms with van der Waals surface area (Å²) in [5, 5.41) is 19.9. The van der Waals surface area contributed by atoms with Crippen molar-refractivity contribution >= 4 is 22.1 Å². The monoisotopic (exact) mass is 640 g/mol. The predicted octanol–water partition coefficient (Wildman–Crippen LogP) is 4.07. The number of hydrogen-bond donors (Lipinski definition) is 1. The van der Waals surface area contributed by atoms with Crippen molar-refractivity contribution in [1.82, 2.24) is 19.5 Å². The third-order valence-corrected chi connectivity index (χ3v) is 7.48. The van der Waals surface area contributed by atoms with Crippen molar-refractivity contribution in [3.8, 4) is 16.9 Å². The van der Waals surface area contributed by atoms with Gasteiger partial charge in [-0.1, -0.05) is 36.8 Å². The van der Waals surface area contributed by atoms with Crippen molar-refractivity contribution in [2.75, 3.05) is 13.1 Å². The minimum atomic E-state index is -4.71. The van der Waals surface area contributed by atoms with E-state index in [1.165, 1.54) is 19.1 Å². The minimum Gasteiger partial charge on any atom is -0.569 e. The number of hydrogen-bond acceptors (Lipinski definition) is 10. The van der Waals surface area contributed by atoms with E-state index >= 15 is 0 Å². The Morgan fingerprint density at radius 2 is 1.80 bits per heavy atom. The standard InChI is InChI=1S/C26H27F3N6O8S/c1-4-24(36)41-17(3)43-32-35(38)33-14-20(15-33)42-25(37)31-44(39,40)21-11-9-19(10-12-21)34-22(13-23(30-34)26(27,28)29)18-7-5-16(2)6-8-18/h5-13,17,20H,4,14-15H2,1-3H3,(H,31,37)/b35-32+. The Bertz CT molecular complexity index is 1640. The molecule has 2 heterocycles. The van der Waals surface area contributed by atoms with Crippen LogP contribution in [0, 0.1) is 12.1 Å². The van der Waals surface area contributed by atoms with Gasteiger partial charge in [-0.15, -0.1) is 5.01 Å². The summed E-state index contributed by atoms with van der Waals surface area (Å²) in [7, 11) is -4.43. The topological polar surface area (TPSA) is 167 Å². The lowest BCUT2D eigenvalue weighted by molar-refractivity contribution is -0.728. The van der Waals surface area contributed by atoms with Gasteiger partial charge < -0.3 is 14.7 Å². The number of amides is 1. The Labute approximate surface area is 249 Å². The number of hydrazine groups is 1. The van der Waals surface area contributed by atoms with E-state index in [4.69, 9.17) is 14.3 Å². The third-order valence-electron chi connectivity index (χ3n) is 6.15. The minimum absolute atomic E-state index is 0.0634. The van der Waals surface area contributed by atoms with Gasteiger partial charge in [-0.3, -0.25) is 9.63 Å².